The molecule has 2 aliphatic carbocycles. The van der Waals surface area contributed by atoms with E-state index in [1.54, 1.807) is 0 Å². The number of aryl methyl sites for hydroxylation is 1. The van der Waals surface area contributed by atoms with Crippen molar-refractivity contribution < 1.29 is 4.42 Å². The number of aromatic nitrogens is 1. The Kier molecular flexibility index (Phi) is 3.16. The van der Waals surface area contributed by atoms with Crippen LogP contribution in [-0.2, 0) is 0 Å². The summed E-state index contributed by atoms with van der Waals surface area (Å²) in [5, 5.41) is 3.71. The van der Waals surface area contributed by atoms with Crippen LogP contribution in [0.3, 0.4) is 0 Å². The molecule has 1 spiro atoms. The Bertz CT molecular complexity index is 630. The number of rotatable bonds is 2. The number of fused-ring (bicyclic) bond motifs is 1. The van der Waals surface area contributed by atoms with Crippen molar-refractivity contribution in [1.82, 2.24) is 4.98 Å². The first-order valence-electron chi connectivity index (χ1n) is 8.36. The van der Waals surface area contributed by atoms with Gasteiger partial charge in [-0.15, -0.1) is 0 Å². The van der Waals surface area contributed by atoms with Gasteiger partial charge in [0.2, 0.25) is 0 Å². The first-order chi connectivity index (χ1) is 10.2. The number of oxazole rings is 1. The predicted octanol–water partition coefficient (Wildman–Crippen LogP) is 5.05. The van der Waals surface area contributed by atoms with Gasteiger partial charge in [-0.2, -0.15) is 0 Å². The molecule has 2 saturated carbocycles. The lowest BCUT2D eigenvalue weighted by Gasteiger charge is -2.37. The molecule has 1 aromatic heterocycles. The SMILES string of the molecule is Cc1nc2cc(NC3CCC4(CCCC4)CC3)ccc2o1. The molecule has 0 saturated heterocycles. The highest BCUT2D eigenvalue weighted by molar-refractivity contribution is 5.77. The van der Waals surface area contributed by atoms with Gasteiger partial charge in [0.25, 0.3) is 0 Å². The van der Waals surface area contributed by atoms with Crippen molar-refractivity contribution in [3.8, 4) is 0 Å². The summed E-state index contributed by atoms with van der Waals surface area (Å²) in [7, 11) is 0. The topological polar surface area (TPSA) is 38.1 Å². The maximum atomic E-state index is 5.54. The van der Waals surface area contributed by atoms with E-state index in [0.717, 1.165) is 17.0 Å². The summed E-state index contributed by atoms with van der Waals surface area (Å²) in [4.78, 5) is 4.42. The molecule has 2 aromatic rings. The first-order valence-corrected chi connectivity index (χ1v) is 8.36. The molecular weight excluding hydrogens is 260 g/mol. The Labute approximate surface area is 126 Å². The smallest absolute Gasteiger partial charge is 0.192 e. The van der Waals surface area contributed by atoms with E-state index in [4.69, 9.17) is 4.42 Å². The van der Waals surface area contributed by atoms with Gasteiger partial charge >= 0.3 is 0 Å². The third kappa shape index (κ3) is 2.54. The van der Waals surface area contributed by atoms with Crippen LogP contribution in [-0.4, -0.2) is 11.0 Å². The van der Waals surface area contributed by atoms with E-state index in [-0.39, 0.29) is 0 Å². The van der Waals surface area contributed by atoms with Crippen LogP contribution in [0.15, 0.2) is 22.6 Å². The van der Waals surface area contributed by atoms with Gasteiger partial charge in [0, 0.05) is 18.7 Å². The van der Waals surface area contributed by atoms with Crippen molar-refractivity contribution in [3.05, 3.63) is 24.1 Å². The van der Waals surface area contributed by atoms with Crippen LogP contribution in [0.25, 0.3) is 11.1 Å². The lowest BCUT2D eigenvalue weighted by Crippen LogP contribution is -2.31. The molecule has 2 fully saturated rings. The summed E-state index contributed by atoms with van der Waals surface area (Å²) in [6.45, 7) is 1.90. The fraction of sp³-hybridized carbons (Fsp3) is 0.611. The van der Waals surface area contributed by atoms with Crippen molar-refractivity contribution in [2.24, 2.45) is 5.41 Å². The van der Waals surface area contributed by atoms with E-state index in [1.807, 2.05) is 13.0 Å². The Hall–Kier alpha value is -1.51. The van der Waals surface area contributed by atoms with Gasteiger partial charge in [-0.1, -0.05) is 12.8 Å². The van der Waals surface area contributed by atoms with Crippen molar-refractivity contribution in [3.63, 3.8) is 0 Å². The number of hydrogen-bond donors (Lipinski definition) is 1. The van der Waals surface area contributed by atoms with Gasteiger partial charge < -0.3 is 9.73 Å². The molecule has 0 amide bonds. The molecular formula is C18H24N2O. The molecule has 4 rings (SSSR count). The molecule has 3 nitrogen and oxygen atoms in total. The molecule has 0 atom stereocenters. The fourth-order valence-electron chi connectivity index (χ4n) is 4.37. The quantitative estimate of drug-likeness (QED) is 0.838. The van der Waals surface area contributed by atoms with E-state index in [0.29, 0.717) is 11.5 Å². The average Bonchev–Trinajstić information content (AvgIpc) is 3.07. The number of nitrogens with one attached hydrogen (secondary N) is 1. The Morgan fingerprint density at radius 3 is 2.67 bits per heavy atom. The second-order valence-corrected chi connectivity index (χ2v) is 7.04. The summed E-state index contributed by atoms with van der Waals surface area (Å²) in [6.07, 6.45) is 11.3. The van der Waals surface area contributed by atoms with Crippen LogP contribution < -0.4 is 5.32 Å². The third-order valence-electron chi connectivity index (χ3n) is 5.58. The zero-order valence-corrected chi connectivity index (χ0v) is 12.8. The Balaban J connectivity index is 1.43. The van der Waals surface area contributed by atoms with E-state index >= 15 is 0 Å². The van der Waals surface area contributed by atoms with Crippen LogP contribution in [0, 0.1) is 12.3 Å². The molecule has 0 aliphatic heterocycles. The molecule has 0 radical (unpaired) electrons. The van der Waals surface area contributed by atoms with Gasteiger partial charge in [0.15, 0.2) is 11.5 Å². The molecule has 112 valence electrons. The van der Waals surface area contributed by atoms with Gasteiger partial charge in [-0.3, -0.25) is 0 Å². The maximum absolute atomic E-state index is 5.54. The highest BCUT2D eigenvalue weighted by Gasteiger charge is 2.37. The zero-order valence-electron chi connectivity index (χ0n) is 12.8. The van der Waals surface area contributed by atoms with E-state index in [9.17, 15) is 0 Å². The summed E-state index contributed by atoms with van der Waals surface area (Å²) < 4.78 is 5.54. The number of anilines is 1. The average molecular weight is 284 g/mol. The minimum absolute atomic E-state index is 0.627. The predicted molar refractivity (Wildman–Crippen MR) is 85.5 cm³/mol. The second-order valence-electron chi connectivity index (χ2n) is 7.04. The third-order valence-corrected chi connectivity index (χ3v) is 5.58. The van der Waals surface area contributed by atoms with Crippen LogP contribution in [0.2, 0.25) is 0 Å². The Morgan fingerprint density at radius 1 is 1.14 bits per heavy atom. The molecule has 1 aromatic carbocycles. The first kappa shape index (κ1) is 13.2. The van der Waals surface area contributed by atoms with Crippen LogP contribution in [0.5, 0.6) is 0 Å². The number of nitrogens with zero attached hydrogens (tertiary/aromatic N) is 1. The summed E-state index contributed by atoms with van der Waals surface area (Å²) in [5.74, 6) is 0.739. The molecule has 0 bridgehead atoms. The molecule has 3 heteroatoms. The van der Waals surface area contributed by atoms with Crippen LogP contribution in [0.1, 0.15) is 57.3 Å². The standard InChI is InChI=1S/C18H24N2O/c1-13-19-16-12-15(4-5-17(16)21-13)20-14-6-10-18(11-7-14)8-2-3-9-18/h4-5,12,14,20H,2-3,6-11H2,1H3. The highest BCUT2D eigenvalue weighted by Crippen LogP contribution is 2.49. The van der Waals surface area contributed by atoms with Gasteiger partial charge in [-0.05, 0) is 62.1 Å². The molecule has 1 N–H and O–H groups in total. The zero-order chi connectivity index (χ0) is 14.3. The number of benzene rings is 1. The van der Waals surface area contributed by atoms with Crippen molar-refractivity contribution in [2.45, 2.75) is 64.3 Å². The minimum atomic E-state index is 0.627. The maximum Gasteiger partial charge on any atom is 0.192 e. The van der Waals surface area contributed by atoms with Crippen LogP contribution >= 0.6 is 0 Å². The van der Waals surface area contributed by atoms with Gasteiger partial charge in [0.05, 0.1) is 0 Å². The summed E-state index contributed by atoms with van der Waals surface area (Å²) in [6, 6.07) is 6.89. The lowest BCUT2D eigenvalue weighted by atomic mass is 9.71. The fourth-order valence-corrected chi connectivity index (χ4v) is 4.37. The number of hydrogen-bond acceptors (Lipinski definition) is 3. The van der Waals surface area contributed by atoms with Crippen molar-refractivity contribution in [1.29, 1.82) is 0 Å². The molecule has 2 aliphatic rings. The van der Waals surface area contributed by atoms with Crippen LogP contribution in [0.4, 0.5) is 5.69 Å². The van der Waals surface area contributed by atoms with Gasteiger partial charge in [0.1, 0.15) is 5.52 Å². The van der Waals surface area contributed by atoms with Gasteiger partial charge in [-0.25, -0.2) is 4.98 Å². The minimum Gasteiger partial charge on any atom is -0.441 e. The molecule has 0 unspecified atom stereocenters. The largest absolute Gasteiger partial charge is 0.441 e. The van der Waals surface area contributed by atoms with Crippen molar-refractivity contribution in [2.75, 3.05) is 5.32 Å². The monoisotopic (exact) mass is 284 g/mol. The lowest BCUT2D eigenvalue weighted by molar-refractivity contribution is 0.188. The van der Waals surface area contributed by atoms with E-state index in [1.165, 1.54) is 57.1 Å². The summed E-state index contributed by atoms with van der Waals surface area (Å²) >= 11 is 0. The van der Waals surface area contributed by atoms with Crippen molar-refractivity contribution >= 4 is 16.8 Å². The molecule has 1 heterocycles. The summed E-state index contributed by atoms with van der Waals surface area (Å²) in [5.41, 5.74) is 3.74. The van der Waals surface area contributed by atoms with E-state index < -0.39 is 0 Å². The highest BCUT2D eigenvalue weighted by atomic mass is 16.3. The normalized spacial score (nSPS) is 22.1. The molecule has 21 heavy (non-hydrogen) atoms. The second kappa shape index (κ2) is 5.04. The Morgan fingerprint density at radius 2 is 1.90 bits per heavy atom. The van der Waals surface area contributed by atoms with E-state index in [2.05, 4.69) is 22.4 Å².